The SMILES string of the molecule is COc1ccc(CCNc2cc(C)nc3c(-c4ccccc4)c(C(F)(F)F)nn23)cc1OC. The van der Waals surface area contributed by atoms with E-state index >= 15 is 0 Å². The van der Waals surface area contributed by atoms with Gasteiger partial charge in [-0.05, 0) is 36.6 Å². The number of hydrogen-bond acceptors (Lipinski definition) is 5. The maximum absolute atomic E-state index is 13.9. The third-order valence-electron chi connectivity index (χ3n) is 5.22. The van der Waals surface area contributed by atoms with Crippen LogP contribution in [0.15, 0.2) is 54.6 Å². The van der Waals surface area contributed by atoms with Gasteiger partial charge in [0, 0.05) is 18.3 Å². The van der Waals surface area contributed by atoms with E-state index in [4.69, 9.17) is 9.47 Å². The highest BCUT2D eigenvalue weighted by molar-refractivity contribution is 5.81. The summed E-state index contributed by atoms with van der Waals surface area (Å²) in [5.41, 5.74) is 1.14. The van der Waals surface area contributed by atoms with Crippen molar-refractivity contribution in [1.29, 1.82) is 0 Å². The minimum Gasteiger partial charge on any atom is -0.493 e. The van der Waals surface area contributed by atoms with Crippen LogP contribution in [-0.4, -0.2) is 35.4 Å². The number of halogens is 3. The maximum Gasteiger partial charge on any atom is 0.435 e. The molecule has 0 spiro atoms. The van der Waals surface area contributed by atoms with E-state index in [0.29, 0.717) is 41.5 Å². The number of fused-ring (bicyclic) bond motifs is 1. The number of methoxy groups -OCH3 is 2. The molecule has 0 saturated heterocycles. The van der Waals surface area contributed by atoms with E-state index in [9.17, 15) is 13.2 Å². The van der Waals surface area contributed by atoms with Gasteiger partial charge in [-0.15, -0.1) is 0 Å². The van der Waals surface area contributed by atoms with Crippen LogP contribution in [0.25, 0.3) is 16.8 Å². The van der Waals surface area contributed by atoms with Crippen molar-refractivity contribution >= 4 is 11.5 Å². The van der Waals surface area contributed by atoms with Gasteiger partial charge >= 0.3 is 6.18 Å². The highest BCUT2D eigenvalue weighted by Crippen LogP contribution is 2.39. The molecule has 0 saturated carbocycles. The van der Waals surface area contributed by atoms with Gasteiger partial charge < -0.3 is 14.8 Å². The second kappa shape index (κ2) is 9.01. The minimum atomic E-state index is -4.62. The first-order valence-corrected chi connectivity index (χ1v) is 10.3. The number of ether oxygens (including phenoxy) is 2. The molecule has 4 rings (SSSR count). The summed E-state index contributed by atoms with van der Waals surface area (Å²) in [6, 6.07) is 15.7. The van der Waals surface area contributed by atoms with E-state index in [1.165, 1.54) is 4.52 Å². The number of benzene rings is 2. The van der Waals surface area contributed by atoms with Gasteiger partial charge in [-0.3, -0.25) is 0 Å². The van der Waals surface area contributed by atoms with E-state index in [1.54, 1.807) is 57.5 Å². The van der Waals surface area contributed by atoms with Crippen LogP contribution < -0.4 is 14.8 Å². The van der Waals surface area contributed by atoms with Crippen LogP contribution >= 0.6 is 0 Å². The molecule has 0 bridgehead atoms. The monoisotopic (exact) mass is 456 g/mol. The molecule has 0 aliphatic carbocycles. The molecule has 1 N–H and O–H groups in total. The summed E-state index contributed by atoms with van der Waals surface area (Å²) in [4.78, 5) is 4.38. The summed E-state index contributed by atoms with van der Waals surface area (Å²) in [7, 11) is 3.13. The van der Waals surface area contributed by atoms with Crippen molar-refractivity contribution < 1.29 is 22.6 Å². The average Bonchev–Trinajstić information content (AvgIpc) is 3.19. The Morgan fingerprint density at radius 3 is 2.36 bits per heavy atom. The highest BCUT2D eigenvalue weighted by Gasteiger charge is 2.39. The summed E-state index contributed by atoms with van der Waals surface area (Å²) in [5.74, 6) is 1.68. The van der Waals surface area contributed by atoms with E-state index in [0.717, 1.165) is 5.56 Å². The number of aromatic nitrogens is 3. The Balaban J connectivity index is 1.68. The summed E-state index contributed by atoms with van der Waals surface area (Å²) >= 11 is 0. The van der Waals surface area contributed by atoms with Gasteiger partial charge in [-0.1, -0.05) is 36.4 Å². The molecule has 172 valence electrons. The van der Waals surface area contributed by atoms with E-state index in [-0.39, 0.29) is 11.2 Å². The first-order valence-electron chi connectivity index (χ1n) is 10.3. The van der Waals surface area contributed by atoms with Crippen molar-refractivity contribution in [2.24, 2.45) is 0 Å². The van der Waals surface area contributed by atoms with Crippen molar-refractivity contribution in [1.82, 2.24) is 14.6 Å². The second-order valence-electron chi connectivity index (χ2n) is 7.47. The Morgan fingerprint density at radius 1 is 0.970 bits per heavy atom. The maximum atomic E-state index is 13.9. The molecule has 2 aromatic heterocycles. The molecule has 0 radical (unpaired) electrons. The molecule has 33 heavy (non-hydrogen) atoms. The third kappa shape index (κ3) is 4.57. The zero-order valence-corrected chi connectivity index (χ0v) is 18.4. The van der Waals surface area contributed by atoms with Crippen LogP contribution in [0.3, 0.4) is 0 Å². The number of aryl methyl sites for hydroxylation is 1. The van der Waals surface area contributed by atoms with Crippen LogP contribution in [-0.2, 0) is 12.6 Å². The molecule has 4 aromatic rings. The van der Waals surface area contributed by atoms with Crippen molar-refractivity contribution in [2.45, 2.75) is 19.5 Å². The second-order valence-corrected chi connectivity index (χ2v) is 7.47. The Bertz CT molecular complexity index is 1270. The smallest absolute Gasteiger partial charge is 0.435 e. The molecule has 0 atom stereocenters. The number of alkyl halides is 3. The predicted octanol–water partition coefficient (Wildman–Crippen LogP) is 5.40. The number of hydrogen-bond donors (Lipinski definition) is 1. The lowest BCUT2D eigenvalue weighted by molar-refractivity contribution is -0.140. The molecule has 6 nitrogen and oxygen atoms in total. The average molecular weight is 456 g/mol. The highest BCUT2D eigenvalue weighted by atomic mass is 19.4. The summed E-state index contributed by atoms with van der Waals surface area (Å²) in [5, 5.41) is 7.11. The fraction of sp³-hybridized carbons (Fsp3) is 0.250. The van der Waals surface area contributed by atoms with Gasteiger partial charge in [-0.25, -0.2) is 4.98 Å². The molecule has 0 amide bonds. The molecule has 9 heteroatoms. The minimum absolute atomic E-state index is 0.0326. The third-order valence-corrected chi connectivity index (χ3v) is 5.22. The van der Waals surface area contributed by atoms with Crippen LogP contribution in [0.2, 0.25) is 0 Å². The zero-order valence-electron chi connectivity index (χ0n) is 18.4. The summed E-state index contributed by atoms with van der Waals surface area (Å²) < 4.78 is 53.4. The largest absolute Gasteiger partial charge is 0.493 e. The Morgan fingerprint density at radius 2 is 1.70 bits per heavy atom. The summed E-state index contributed by atoms with van der Waals surface area (Å²) in [6.07, 6.45) is -4.01. The summed E-state index contributed by atoms with van der Waals surface area (Å²) in [6.45, 7) is 2.21. The van der Waals surface area contributed by atoms with Gasteiger partial charge in [0.1, 0.15) is 5.82 Å². The molecular weight excluding hydrogens is 433 g/mol. The van der Waals surface area contributed by atoms with E-state index in [1.807, 2.05) is 18.2 Å². The molecular formula is C24H23F3N4O2. The normalized spacial score (nSPS) is 11.6. The molecule has 0 fully saturated rings. The van der Waals surface area contributed by atoms with Crippen LogP contribution in [0, 0.1) is 6.92 Å². The van der Waals surface area contributed by atoms with Crippen molar-refractivity contribution in [2.75, 3.05) is 26.1 Å². The fourth-order valence-electron chi connectivity index (χ4n) is 3.70. The van der Waals surface area contributed by atoms with Crippen LogP contribution in [0.5, 0.6) is 11.5 Å². The lowest BCUT2D eigenvalue weighted by Crippen LogP contribution is -2.11. The van der Waals surface area contributed by atoms with Crippen LogP contribution in [0.1, 0.15) is 17.0 Å². The standard InChI is InChI=1S/C24H23F3N4O2/c1-15-13-20(28-12-11-16-9-10-18(32-2)19(14-16)33-3)31-23(29-15)21(17-7-5-4-6-8-17)22(30-31)24(25,26)27/h4-10,13-14,28H,11-12H2,1-3H3. The van der Waals surface area contributed by atoms with Gasteiger partial charge in [-0.2, -0.15) is 22.8 Å². The van der Waals surface area contributed by atoms with Crippen molar-refractivity contribution in [3.63, 3.8) is 0 Å². The molecule has 0 aliphatic heterocycles. The zero-order chi connectivity index (χ0) is 23.6. The fourth-order valence-corrected chi connectivity index (χ4v) is 3.70. The van der Waals surface area contributed by atoms with Gasteiger partial charge in [0.05, 0.1) is 19.8 Å². The molecule has 0 unspecified atom stereocenters. The number of nitrogens with zero attached hydrogens (tertiary/aromatic N) is 3. The number of nitrogens with one attached hydrogen (secondary N) is 1. The first-order chi connectivity index (χ1) is 15.8. The lowest BCUT2D eigenvalue weighted by atomic mass is 10.1. The van der Waals surface area contributed by atoms with E-state index < -0.39 is 11.9 Å². The van der Waals surface area contributed by atoms with Crippen LogP contribution in [0.4, 0.5) is 19.0 Å². The Labute approximate surface area is 189 Å². The quantitative estimate of drug-likeness (QED) is 0.404. The molecule has 2 heterocycles. The van der Waals surface area contributed by atoms with Gasteiger partial charge in [0.25, 0.3) is 0 Å². The lowest BCUT2D eigenvalue weighted by Gasteiger charge is -2.12. The van der Waals surface area contributed by atoms with Crippen molar-refractivity contribution in [3.8, 4) is 22.6 Å². The number of rotatable bonds is 7. The predicted molar refractivity (Wildman–Crippen MR) is 120 cm³/mol. The molecule has 2 aromatic carbocycles. The van der Waals surface area contributed by atoms with Gasteiger partial charge in [0.15, 0.2) is 22.8 Å². The number of anilines is 1. The van der Waals surface area contributed by atoms with Gasteiger partial charge in [0.2, 0.25) is 0 Å². The first kappa shape index (κ1) is 22.4. The molecule has 0 aliphatic rings. The topological polar surface area (TPSA) is 60.7 Å². The Kier molecular flexibility index (Phi) is 6.13. The Hall–Kier alpha value is -3.75. The van der Waals surface area contributed by atoms with E-state index in [2.05, 4.69) is 15.4 Å². The van der Waals surface area contributed by atoms with Crippen molar-refractivity contribution in [3.05, 3.63) is 71.5 Å².